The van der Waals surface area contributed by atoms with Crippen molar-refractivity contribution in [1.29, 1.82) is 0 Å². The molecular formula is C19H30N2O3S. The van der Waals surface area contributed by atoms with E-state index < -0.39 is 16.1 Å². The standard InChI is InChI=1S/C19H30N2O3S/c1-14(2)13-16-9-11-18(12-10-16)25(23,24)20-15(3)19(22)21(4)17-7-5-6-8-17/h9-12,14-15,17,20H,5-8,13H2,1-4H3. The van der Waals surface area contributed by atoms with Crippen molar-refractivity contribution in [2.75, 3.05) is 7.05 Å². The lowest BCUT2D eigenvalue weighted by Crippen LogP contribution is -2.48. The Labute approximate surface area is 151 Å². The second-order valence-electron chi connectivity index (χ2n) is 7.47. The van der Waals surface area contributed by atoms with Gasteiger partial charge in [-0.3, -0.25) is 4.79 Å². The number of likely N-dealkylation sites (N-methyl/N-ethyl adjacent to an activating group) is 1. The maximum Gasteiger partial charge on any atom is 0.241 e. The molecule has 25 heavy (non-hydrogen) atoms. The molecule has 0 saturated heterocycles. The Hall–Kier alpha value is -1.40. The minimum absolute atomic E-state index is 0.174. The van der Waals surface area contributed by atoms with E-state index in [0.29, 0.717) is 5.92 Å². The molecule has 1 aliphatic rings. The first-order chi connectivity index (χ1) is 11.7. The fraction of sp³-hybridized carbons (Fsp3) is 0.632. The molecule has 0 spiro atoms. The number of nitrogens with zero attached hydrogens (tertiary/aromatic N) is 1. The molecule has 6 heteroatoms. The number of rotatable bonds is 7. The summed E-state index contributed by atoms with van der Waals surface area (Å²) in [6.45, 7) is 5.86. The molecule has 1 aromatic carbocycles. The van der Waals surface area contributed by atoms with Crippen LogP contribution in [0.4, 0.5) is 0 Å². The van der Waals surface area contributed by atoms with Crippen LogP contribution >= 0.6 is 0 Å². The molecule has 0 bridgehead atoms. The van der Waals surface area contributed by atoms with E-state index in [-0.39, 0.29) is 16.8 Å². The van der Waals surface area contributed by atoms with Gasteiger partial charge in [0.2, 0.25) is 15.9 Å². The largest absolute Gasteiger partial charge is 0.341 e. The molecule has 1 aliphatic carbocycles. The van der Waals surface area contributed by atoms with Crippen molar-refractivity contribution in [3.63, 3.8) is 0 Å². The Morgan fingerprint density at radius 1 is 1.16 bits per heavy atom. The van der Waals surface area contributed by atoms with E-state index in [0.717, 1.165) is 37.7 Å². The first kappa shape index (κ1) is 19.9. The van der Waals surface area contributed by atoms with Gasteiger partial charge in [0.15, 0.2) is 0 Å². The summed E-state index contributed by atoms with van der Waals surface area (Å²) in [5, 5.41) is 0. The number of benzene rings is 1. The maximum absolute atomic E-state index is 12.5. The van der Waals surface area contributed by atoms with Gasteiger partial charge < -0.3 is 4.90 Å². The molecule has 0 radical (unpaired) electrons. The van der Waals surface area contributed by atoms with Crippen molar-refractivity contribution < 1.29 is 13.2 Å². The van der Waals surface area contributed by atoms with Crippen LogP contribution in [0.1, 0.15) is 52.0 Å². The van der Waals surface area contributed by atoms with Crippen LogP contribution in [0.2, 0.25) is 0 Å². The molecule has 5 nitrogen and oxygen atoms in total. The Bertz CT molecular complexity index is 677. The van der Waals surface area contributed by atoms with Crippen LogP contribution in [-0.2, 0) is 21.2 Å². The normalized spacial score (nSPS) is 17.0. The van der Waals surface area contributed by atoms with Crippen LogP contribution in [0, 0.1) is 5.92 Å². The first-order valence-electron chi connectivity index (χ1n) is 9.08. The van der Waals surface area contributed by atoms with Gasteiger partial charge in [0, 0.05) is 13.1 Å². The van der Waals surface area contributed by atoms with E-state index in [2.05, 4.69) is 18.6 Å². The van der Waals surface area contributed by atoms with Crippen molar-refractivity contribution in [3.05, 3.63) is 29.8 Å². The van der Waals surface area contributed by atoms with Crippen LogP contribution in [0.15, 0.2) is 29.2 Å². The number of nitrogens with one attached hydrogen (secondary N) is 1. The second kappa shape index (κ2) is 8.32. The highest BCUT2D eigenvalue weighted by Gasteiger charge is 2.29. The van der Waals surface area contributed by atoms with Gasteiger partial charge in [-0.05, 0) is 49.8 Å². The quantitative estimate of drug-likeness (QED) is 0.807. The van der Waals surface area contributed by atoms with Crippen molar-refractivity contribution in [2.24, 2.45) is 5.92 Å². The Morgan fingerprint density at radius 3 is 2.24 bits per heavy atom. The van der Waals surface area contributed by atoms with Gasteiger partial charge in [0.05, 0.1) is 10.9 Å². The van der Waals surface area contributed by atoms with E-state index in [9.17, 15) is 13.2 Å². The maximum atomic E-state index is 12.5. The topological polar surface area (TPSA) is 66.5 Å². The van der Waals surface area contributed by atoms with E-state index in [1.165, 1.54) is 0 Å². The molecule has 1 aromatic rings. The smallest absolute Gasteiger partial charge is 0.241 e. The Kier molecular flexibility index (Phi) is 6.63. The number of carbonyl (C=O) groups excluding carboxylic acids is 1. The molecule has 140 valence electrons. The molecule has 1 amide bonds. The van der Waals surface area contributed by atoms with Crippen molar-refractivity contribution >= 4 is 15.9 Å². The van der Waals surface area contributed by atoms with Crippen LogP contribution in [0.3, 0.4) is 0 Å². The van der Waals surface area contributed by atoms with Gasteiger partial charge in [-0.15, -0.1) is 0 Å². The van der Waals surface area contributed by atoms with Crippen molar-refractivity contribution in [2.45, 2.75) is 69.9 Å². The Morgan fingerprint density at radius 2 is 1.72 bits per heavy atom. The lowest BCUT2D eigenvalue weighted by molar-refractivity contribution is -0.133. The summed E-state index contributed by atoms with van der Waals surface area (Å²) in [4.78, 5) is 14.4. The van der Waals surface area contributed by atoms with Gasteiger partial charge in [0.25, 0.3) is 0 Å². The number of carbonyl (C=O) groups is 1. The summed E-state index contributed by atoms with van der Waals surface area (Å²) in [5.41, 5.74) is 1.11. The number of hydrogen-bond acceptors (Lipinski definition) is 3. The molecule has 2 rings (SSSR count). The van der Waals surface area contributed by atoms with Crippen LogP contribution in [0.5, 0.6) is 0 Å². The summed E-state index contributed by atoms with van der Waals surface area (Å²) < 4.78 is 27.6. The summed E-state index contributed by atoms with van der Waals surface area (Å²) >= 11 is 0. The minimum Gasteiger partial charge on any atom is -0.341 e. The third-order valence-electron chi connectivity index (χ3n) is 4.80. The summed E-state index contributed by atoms with van der Waals surface area (Å²) in [7, 11) is -1.94. The number of sulfonamides is 1. The van der Waals surface area contributed by atoms with E-state index in [1.807, 2.05) is 12.1 Å². The Balaban J connectivity index is 2.02. The summed E-state index contributed by atoms with van der Waals surface area (Å²) in [6.07, 6.45) is 5.17. The minimum atomic E-state index is -3.70. The highest BCUT2D eigenvalue weighted by atomic mass is 32.2. The molecule has 0 aliphatic heterocycles. The first-order valence-corrected chi connectivity index (χ1v) is 10.6. The zero-order valence-corrected chi connectivity index (χ0v) is 16.5. The molecule has 0 heterocycles. The molecule has 1 atom stereocenters. The fourth-order valence-electron chi connectivity index (χ4n) is 3.40. The third kappa shape index (κ3) is 5.28. The molecule has 1 N–H and O–H groups in total. The molecule has 1 saturated carbocycles. The average molecular weight is 367 g/mol. The third-order valence-corrected chi connectivity index (χ3v) is 6.36. The summed E-state index contributed by atoms with van der Waals surface area (Å²) in [5.74, 6) is 0.344. The van der Waals surface area contributed by atoms with Crippen LogP contribution in [-0.4, -0.2) is 38.4 Å². The van der Waals surface area contributed by atoms with Crippen LogP contribution < -0.4 is 4.72 Å². The van der Waals surface area contributed by atoms with Gasteiger partial charge in [-0.2, -0.15) is 4.72 Å². The molecule has 1 unspecified atom stereocenters. The lowest BCUT2D eigenvalue weighted by atomic mass is 10.0. The monoisotopic (exact) mass is 366 g/mol. The zero-order chi connectivity index (χ0) is 18.6. The molecular weight excluding hydrogens is 336 g/mol. The van der Waals surface area contributed by atoms with Gasteiger partial charge in [0.1, 0.15) is 0 Å². The SMILES string of the molecule is CC(C)Cc1ccc(S(=O)(=O)NC(C)C(=O)N(C)C2CCCC2)cc1. The predicted molar refractivity (Wildman–Crippen MR) is 99.8 cm³/mol. The lowest BCUT2D eigenvalue weighted by Gasteiger charge is -2.27. The van der Waals surface area contributed by atoms with Gasteiger partial charge >= 0.3 is 0 Å². The number of hydrogen-bond donors (Lipinski definition) is 1. The number of amides is 1. The van der Waals surface area contributed by atoms with Gasteiger partial charge in [-0.1, -0.05) is 38.8 Å². The van der Waals surface area contributed by atoms with E-state index >= 15 is 0 Å². The van der Waals surface area contributed by atoms with Crippen molar-refractivity contribution in [1.82, 2.24) is 9.62 Å². The van der Waals surface area contributed by atoms with Crippen molar-refractivity contribution in [3.8, 4) is 0 Å². The fourth-order valence-corrected chi connectivity index (χ4v) is 4.60. The molecule has 0 aromatic heterocycles. The summed E-state index contributed by atoms with van der Waals surface area (Å²) in [6, 6.07) is 6.36. The predicted octanol–water partition coefficient (Wildman–Crippen LogP) is 2.95. The second-order valence-corrected chi connectivity index (χ2v) is 9.19. The molecule has 1 fully saturated rings. The average Bonchev–Trinajstić information content (AvgIpc) is 3.07. The van der Waals surface area contributed by atoms with E-state index in [4.69, 9.17) is 0 Å². The van der Waals surface area contributed by atoms with Gasteiger partial charge in [-0.25, -0.2) is 8.42 Å². The van der Waals surface area contributed by atoms with Crippen LogP contribution in [0.25, 0.3) is 0 Å². The highest BCUT2D eigenvalue weighted by molar-refractivity contribution is 7.89. The van der Waals surface area contributed by atoms with E-state index in [1.54, 1.807) is 31.0 Å². The highest BCUT2D eigenvalue weighted by Crippen LogP contribution is 2.23. The zero-order valence-electron chi connectivity index (χ0n) is 15.7.